The van der Waals surface area contributed by atoms with Gasteiger partial charge in [0.15, 0.2) is 22.1 Å². The van der Waals surface area contributed by atoms with Crippen molar-refractivity contribution in [3.63, 3.8) is 0 Å². The van der Waals surface area contributed by atoms with Crippen molar-refractivity contribution in [2.45, 2.75) is 26.3 Å². The van der Waals surface area contributed by atoms with Gasteiger partial charge in [-0.05, 0) is 48.2 Å². The number of thiazole rings is 1. The molecule has 9 heteroatoms. The first kappa shape index (κ1) is 23.0. The Hall–Kier alpha value is -3.72. The van der Waals surface area contributed by atoms with Crippen LogP contribution < -0.4 is 19.8 Å². The molecule has 1 amide bonds. The van der Waals surface area contributed by atoms with Gasteiger partial charge in [0.2, 0.25) is 5.76 Å². The number of anilines is 1. The van der Waals surface area contributed by atoms with Crippen LogP contribution in [0.2, 0.25) is 0 Å². The quantitative estimate of drug-likeness (QED) is 0.334. The van der Waals surface area contributed by atoms with Gasteiger partial charge in [-0.1, -0.05) is 19.9 Å². The molecule has 0 unspecified atom stereocenters. The van der Waals surface area contributed by atoms with Crippen molar-refractivity contribution in [3.8, 4) is 11.5 Å². The van der Waals surface area contributed by atoms with Gasteiger partial charge in [0.1, 0.15) is 11.4 Å². The second-order valence-electron chi connectivity index (χ2n) is 8.65. The number of amides is 1. The molecule has 5 rings (SSSR count). The van der Waals surface area contributed by atoms with Crippen LogP contribution in [0.4, 0.5) is 9.52 Å². The second kappa shape index (κ2) is 9.14. The van der Waals surface area contributed by atoms with Gasteiger partial charge >= 0.3 is 0 Å². The molecule has 7 nitrogen and oxygen atoms in total. The van der Waals surface area contributed by atoms with Crippen LogP contribution in [-0.2, 0) is 0 Å². The average Bonchev–Trinajstić information content (AvgIpc) is 3.46. The Balaban J connectivity index is 1.67. The number of methoxy groups -OCH3 is 1. The van der Waals surface area contributed by atoms with Crippen molar-refractivity contribution in [1.29, 1.82) is 0 Å². The smallest absolute Gasteiger partial charge is 0.297 e. The Morgan fingerprint density at radius 1 is 1.17 bits per heavy atom. The topological polar surface area (TPSA) is 81.9 Å². The van der Waals surface area contributed by atoms with Crippen molar-refractivity contribution in [2.24, 2.45) is 5.92 Å². The number of rotatable bonds is 7. The summed E-state index contributed by atoms with van der Waals surface area (Å²) in [7, 11) is 1.53. The van der Waals surface area contributed by atoms with Gasteiger partial charge in [-0.15, -0.1) is 11.3 Å². The minimum Gasteiger partial charge on any atom is -0.493 e. The highest BCUT2D eigenvalue weighted by atomic mass is 32.1. The molecular formula is C26H23FN2O5S. The van der Waals surface area contributed by atoms with Gasteiger partial charge in [-0.2, -0.15) is 0 Å². The molecule has 0 N–H and O–H groups in total. The third-order valence-corrected chi connectivity index (χ3v) is 6.68. The normalized spacial score (nSPS) is 15.2. The number of nitrogens with zero attached hydrogens (tertiary/aromatic N) is 2. The number of benzene rings is 2. The zero-order valence-corrected chi connectivity index (χ0v) is 20.2. The van der Waals surface area contributed by atoms with Crippen LogP contribution in [0.5, 0.6) is 11.5 Å². The number of halogens is 1. The molecule has 180 valence electrons. The lowest BCUT2D eigenvalue weighted by Gasteiger charge is -2.23. The highest BCUT2D eigenvalue weighted by Gasteiger charge is 2.45. The minimum absolute atomic E-state index is 0.0724. The van der Waals surface area contributed by atoms with Crippen LogP contribution >= 0.6 is 11.3 Å². The number of carbonyl (C=O) groups is 1. The number of ether oxygens (including phenoxy) is 2. The molecule has 4 aromatic rings. The zero-order chi connectivity index (χ0) is 24.7. The Labute approximate surface area is 204 Å². The number of hydrogen-bond acceptors (Lipinski definition) is 7. The van der Waals surface area contributed by atoms with Crippen molar-refractivity contribution in [2.75, 3.05) is 18.6 Å². The van der Waals surface area contributed by atoms with Crippen molar-refractivity contribution in [3.05, 3.63) is 80.9 Å². The van der Waals surface area contributed by atoms with E-state index in [4.69, 9.17) is 13.9 Å². The molecule has 2 aromatic carbocycles. The van der Waals surface area contributed by atoms with E-state index in [-0.39, 0.29) is 22.3 Å². The lowest BCUT2D eigenvalue weighted by molar-refractivity contribution is 0.0971. The summed E-state index contributed by atoms with van der Waals surface area (Å²) in [6, 6.07) is 8.14. The molecular weight excluding hydrogens is 471 g/mol. The molecule has 0 fully saturated rings. The van der Waals surface area contributed by atoms with Crippen LogP contribution in [0, 0.1) is 11.7 Å². The van der Waals surface area contributed by atoms with Crippen LogP contribution in [0.1, 0.15) is 48.0 Å². The van der Waals surface area contributed by atoms with Crippen LogP contribution in [0.25, 0.3) is 11.0 Å². The largest absolute Gasteiger partial charge is 0.493 e. The third kappa shape index (κ3) is 4.05. The molecule has 35 heavy (non-hydrogen) atoms. The van der Waals surface area contributed by atoms with Crippen LogP contribution in [0.3, 0.4) is 0 Å². The van der Waals surface area contributed by atoms with Crippen LogP contribution in [-0.4, -0.2) is 24.6 Å². The number of carbonyl (C=O) groups excluding carboxylic acids is 1. The van der Waals surface area contributed by atoms with E-state index in [2.05, 4.69) is 18.8 Å². The average molecular weight is 495 g/mol. The Kier molecular flexibility index (Phi) is 6.02. The molecule has 1 aliphatic heterocycles. The van der Waals surface area contributed by atoms with Gasteiger partial charge in [-0.25, -0.2) is 9.37 Å². The molecule has 0 radical (unpaired) electrons. The maximum absolute atomic E-state index is 14.0. The lowest BCUT2D eigenvalue weighted by atomic mass is 9.98. The molecule has 2 aromatic heterocycles. The first-order chi connectivity index (χ1) is 16.9. The lowest BCUT2D eigenvalue weighted by Crippen LogP contribution is -2.29. The van der Waals surface area contributed by atoms with Gasteiger partial charge in [0, 0.05) is 11.6 Å². The summed E-state index contributed by atoms with van der Waals surface area (Å²) in [5.41, 5.74) is 0.436. The fourth-order valence-electron chi connectivity index (χ4n) is 4.17. The van der Waals surface area contributed by atoms with Crippen molar-refractivity contribution in [1.82, 2.24) is 4.98 Å². The Bertz CT molecular complexity index is 1460. The minimum atomic E-state index is -0.828. The summed E-state index contributed by atoms with van der Waals surface area (Å²) in [5, 5.41) is 2.23. The van der Waals surface area contributed by atoms with Gasteiger partial charge in [0.05, 0.1) is 30.7 Å². The first-order valence-corrected chi connectivity index (χ1v) is 12.1. The summed E-state index contributed by atoms with van der Waals surface area (Å²) in [4.78, 5) is 32.8. The van der Waals surface area contributed by atoms with E-state index < -0.39 is 23.2 Å². The SMILES string of the molecule is COc1cc([C@@H]2c3c(oc4ccc(F)cc4c3=O)C(=O)N2c2nccs2)ccc1OCCC(C)C. The maximum atomic E-state index is 14.0. The summed E-state index contributed by atoms with van der Waals surface area (Å²) >= 11 is 1.27. The molecule has 1 atom stereocenters. The Morgan fingerprint density at radius 2 is 2.00 bits per heavy atom. The summed E-state index contributed by atoms with van der Waals surface area (Å²) in [5.74, 6) is 0.404. The number of fused-ring (bicyclic) bond motifs is 2. The number of hydrogen-bond donors (Lipinski definition) is 0. The van der Waals surface area contributed by atoms with E-state index in [0.717, 1.165) is 12.5 Å². The molecule has 0 aliphatic carbocycles. The zero-order valence-electron chi connectivity index (χ0n) is 19.4. The standard InChI is InChI=1S/C26H23FN2O5S/c1-14(2)8-10-33-19-6-4-15(12-20(19)32-3)22-21-23(30)17-13-16(27)5-7-18(17)34-24(21)25(31)29(22)26-28-9-11-35-26/h4-7,9,11-14,22H,8,10H2,1-3H3/t22-/m1/s1. The molecule has 0 saturated heterocycles. The maximum Gasteiger partial charge on any atom is 0.297 e. The van der Waals surface area contributed by atoms with Gasteiger partial charge < -0.3 is 13.9 Å². The van der Waals surface area contributed by atoms with Crippen molar-refractivity contribution < 1.29 is 23.1 Å². The molecule has 3 heterocycles. The predicted octanol–water partition coefficient (Wildman–Crippen LogP) is 5.57. The van der Waals surface area contributed by atoms with E-state index >= 15 is 0 Å². The summed E-state index contributed by atoms with van der Waals surface area (Å²) in [6.45, 7) is 4.77. The van der Waals surface area contributed by atoms with E-state index in [1.165, 1.54) is 35.5 Å². The Morgan fingerprint density at radius 3 is 2.71 bits per heavy atom. The highest BCUT2D eigenvalue weighted by Crippen LogP contribution is 2.43. The first-order valence-electron chi connectivity index (χ1n) is 11.2. The fraction of sp³-hybridized carbons (Fsp3) is 0.269. The van der Waals surface area contributed by atoms with Gasteiger partial charge in [0.25, 0.3) is 5.91 Å². The van der Waals surface area contributed by atoms with Crippen molar-refractivity contribution >= 4 is 33.3 Å². The summed E-state index contributed by atoms with van der Waals surface area (Å²) in [6.07, 6.45) is 2.47. The monoisotopic (exact) mass is 494 g/mol. The molecule has 0 saturated carbocycles. The second-order valence-corrected chi connectivity index (χ2v) is 9.52. The number of aromatic nitrogens is 1. The van der Waals surface area contributed by atoms with E-state index in [1.54, 1.807) is 29.8 Å². The third-order valence-electron chi connectivity index (χ3n) is 5.91. The highest BCUT2D eigenvalue weighted by molar-refractivity contribution is 7.13. The van der Waals surface area contributed by atoms with Gasteiger partial charge in [-0.3, -0.25) is 14.5 Å². The molecule has 0 spiro atoms. The molecule has 1 aliphatic rings. The molecule has 0 bridgehead atoms. The van der Waals surface area contributed by atoms with E-state index in [0.29, 0.717) is 34.7 Å². The fourth-order valence-corrected chi connectivity index (χ4v) is 4.84. The van der Waals surface area contributed by atoms with Crippen LogP contribution in [0.15, 0.2) is 57.2 Å². The van der Waals surface area contributed by atoms with E-state index in [1.807, 2.05) is 0 Å². The predicted molar refractivity (Wildman–Crippen MR) is 131 cm³/mol. The van der Waals surface area contributed by atoms with E-state index in [9.17, 15) is 14.0 Å². The summed E-state index contributed by atoms with van der Waals surface area (Å²) < 4.78 is 31.3.